The molecule has 6 nitrogen and oxygen atoms in total. The van der Waals surface area contributed by atoms with Crippen LogP contribution in [0.2, 0.25) is 0 Å². The van der Waals surface area contributed by atoms with Crippen molar-refractivity contribution in [2.24, 2.45) is 0 Å². The van der Waals surface area contributed by atoms with Crippen LogP contribution < -0.4 is 9.47 Å². The monoisotopic (exact) mass is 267 g/mol. The lowest BCUT2D eigenvalue weighted by atomic mass is 10.2. The predicted molar refractivity (Wildman–Crippen MR) is 69.7 cm³/mol. The number of nitrogens with zero attached hydrogens (tertiary/aromatic N) is 1. The molecule has 1 rings (SSSR count). The molecule has 0 aromatic heterocycles. The molecule has 0 N–H and O–H groups in total. The van der Waals surface area contributed by atoms with E-state index in [2.05, 4.69) is 0 Å². The van der Waals surface area contributed by atoms with Gasteiger partial charge in [0.1, 0.15) is 12.0 Å². The van der Waals surface area contributed by atoms with E-state index in [0.717, 1.165) is 25.5 Å². The third-order valence-corrected chi connectivity index (χ3v) is 2.58. The molecule has 0 atom stereocenters. The van der Waals surface area contributed by atoms with Gasteiger partial charge in [0.05, 0.1) is 24.7 Å². The molecule has 0 amide bonds. The van der Waals surface area contributed by atoms with Gasteiger partial charge in [-0.1, -0.05) is 0 Å². The number of rotatable bonds is 9. The van der Waals surface area contributed by atoms with E-state index in [1.807, 2.05) is 0 Å². The first kappa shape index (κ1) is 14.9. The van der Waals surface area contributed by atoms with E-state index in [1.54, 1.807) is 6.07 Å². The van der Waals surface area contributed by atoms with Crippen LogP contribution in [0.3, 0.4) is 0 Å². The Kier molecular flexibility index (Phi) is 6.35. The van der Waals surface area contributed by atoms with Crippen LogP contribution in [0, 0.1) is 10.1 Å². The lowest BCUT2D eigenvalue weighted by Gasteiger charge is -2.07. The van der Waals surface area contributed by atoms with Crippen molar-refractivity contribution >= 4 is 12.0 Å². The Hall–Kier alpha value is -2.11. The molecule has 0 saturated heterocycles. The highest BCUT2D eigenvalue weighted by Gasteiger charge is 2.15. The van der Waals surface area contributed by atoms with Crippen molar-refractivity contribution in [1.29, 1.82) is 0 Å². The van der Waals surface area contributed by atoms with E-state index < -0.39 is 4.92 Å². The van der Waals surface area contributed by atoms with Crippen LogP contribution in [-0.4, -0.2) is 24.9 Å². The Balaban J connectivity index is 2.48. The molecule has 0 aliphatic carbocycles. The molecule has 0 radical (unpaired) electrons. The Bertz CT molecular complexity index is 433. The number of carbonyl (C=O) groups excluding carboxylic acids is 1. The number of carbonyl (C=O) groups is 1. The van der Waals surface area contributed by atoms with Crippen LogP contribution in [0.4, 0.5) is 5.69 Å². The van der Waals surface area contributed by atoms with Gasteiger partial charge >= 0.3 is 5.69 Å². The van der Waals surface area contributed by atoms with Crippen LogP contribution in [0.1, 0.15) is 25.7 Å². The van der Waals surface area contributed by atoms with Gasteiger partial charge in [-0.15, -0.1) is 0 Å². The first-order valence-corrected chi connectivity index (χ1v) is 6.08. The summed E-state index contributed by atoms with van der Waals surface area (Å²) in [5.41, 5.74) is -0.110. The maximum Gasteiger partial charge on any atom is 0.314 e. The van der Waals surface area contributed by atoms with E-state index in [9.17, 15) is 14.9 Å². The summed E-state index contributed by atoms with van der Waals surface area (Å²) < 4.78 is 10.3. The Morgan fingerprint density at radius 3 is 2.74 bits per heavy atom. The number of hydrogen-bond acceptors (Lipinski definition) is 5. The van der Waals surface area contributed by atoms with E-state index in [1.165, 1.54) is 19.2 Å². The largest absolute Gasteiger partial charge is 0.493 e. The summed E-state index contributed by atoms with van der Waals surface area (Å²) in [5.74, 6) is 0.659. The average molecular weight is 267 g/mol. The fraction of sp³-hybridized carbons (Fsp3) is 0.462. The molecule has 0 aliphatic rings. The van der Waals surface area contributed by atoms with Gasteiger partial charge in [0.15, 0.2) is 5.75 Å². The number of methoxy groups -OCH3 is 1. The topological polar surface area (TPSA) is 78.7 Å². The van der Waals surface area contributed by atoms with Gasteiger partial charge in [-0.2, -0.15) is 0 Å². The Labute approximate surface area is 111 Å². The zero-order valence-corrected chi connectivity index (χ0v) is 10.8. The highest BCUT2D eigenvalue weighted by molar-refractivity contribution is 5.50. The van der Waals surface area contributed by atoms with Crippen LogP contribution in [-0.2, 0) is 4.79 Å². The summed E-state index contributed by atoms with van der Waals surface area (Å²) in [5, 5.41) is 10.8. The highest BCUT2D eigenvalue weighted by Crippen LogP contribution is 2.30. The molecule has 6 heteroatoms. The van der Waals surface area contributed by atoms with Gasteiger partial charge in [0.25, 0.3) is 0 Å². The predicted octanol–water partition coefficient (Wildman–Crippen LogP) is 2.74. The normalized spacial score (nSPS) is 9.95. The molecule has 1 aromatic carbocycles. The molecule has 1 aromatic rings. The maximum atomic E-state index is 10.8. The lowest BCUT2D eigenvalue weighted by Crippen LogP contribution is -1.99. The van der Waals surface area contributed by atoms with E-state index in [4.69, 9.17) is 9.47 Å². The summed E-state index contributed by atoms with van der Waals surface area (Å²) in [4.78, 5) is 20.4. The number of aldehydes is 1. The van der Waals surface area contributed by atoms with Crippen molar-refractivity contribution < 1.29 is 19.2 Å². The van der Waals surface area contributed by atoms with Gasteiger partial charge in [-0.25, -0.2) is 0 Å². The first-order valence-electron chi connectivity index (χ1n) is 6.08. The third kappa shape index (κ3) is 4.95. The maximum absolute atomic E-state index is 10.8. The Morgan fingerprint density at radius 1 is 1.32 bits per heavy atom. The van der Waals surface area contributed by atoms with Gasteiger partial charge < -0.3 is 14.3 Å². The number of nitro benzene ring substituents is 1. The fourth-order valence-corrected chi connectivity index (χ4v) is 1.60. The number of nitro groups is 1. The number of hydrogen-bond donors (Lipinski definition) is 0. The Morgan fingerprint density at radius 2 is 2.11 bits per heavy atom. The van der Waals surface area contributed by atoms with E-state index in [0.29, 0.717) is 18.8 Å². The van der Waals surface area contributed by atoms with Crippen molar-refractivity contribution in [3.05, 3.63) is 28.3 Å². The van der Waals surface area contributed by atoms with Crippen molar-refractivity contribution in [2.75, 3.05) is 13.7 Å². The summed E-state index contributed by atoms with van der Waals surface area (Å²) in [7, 11) is 1.38. The van der Waals surface area contributed by atoms with Gasteiger partial charge in [0, 0.05) is 6.42 Å². The number of unbranched alkanes of at least 4 members (excludes halogenated alkanes) is 3. The van der Waals surface area contributed by atoms with Crippen LogP contribution in [0.5, 0.6) is 11.5 Å². The van der Waals surface area contributed by atoms with Gasteiger partial charge in [0.2, 0.25) is 0 Å². The van der Waals surface area contributed by atoms with Crippen molar-refractivity contribution in [2.45, 2.75) is 25.7 Å². The lowest BCUT2D eigenvalue weighted by molar-refractivity contribution is -0.385. The minimum Gasteiger partial charge on any atom is -0.493 e. The van der Waals surface area contributed by atoms with Crippen molar-refractivity contribution in [3.63, 3.8) is 0 Å². The molecular weight excluding hydrogens is 250 g/mol. The molecule has 0 spiro atoms. The molecule has 0 bridgehead atoms. The average Bonchev–Trinajstić information content (AvgIpc) is 2.42. The summed E-state index contributed by atoms with van der Waals surface area (Å²) in [6, 6.07) is 4.50. The molecule has 0 aliphatic heterocycles. The van der Waals surface area contributed by atoms with Crippen LogP contribution in [0.25, 0.3) is 0 Å². The molecule has 0 saturated carbocycles. The second-order valence-electron chi connectivity index (χ2n) is 3.96. The number of benzene rings is 1. The minimum atomic E-state index is -0.504. The van der Waals surface area contributed by atoms with E-state index >= 15 is 0 Å². The van der Waals surface area contributed by atoms with Gasteiger partial charge in [-0.05, 0) is 31.4 Å². The smallest absolute Gasteiger partial charge is 0.314 e. The quantitative estimate of drug-likeness (QED) is 0.297. The molecule has 19 heavy (non-hydrogen) atoms. The number of ether oxygens (including phenoxy) is 2. The van der Waals surface area contributed by atoms with E-state index in [-0.39, 0.29) is 11.4 Å². The molecular formula is C13H17NO5. The SMILES string of the molecule is COc1ccc(OCCCCCC=O)cc1[N+](=O)[O-]. The van der Waals surface area contributed by atoms with Gasteiger partial charge in [-0.3, -0.25) is 10.1 Å². The standard InChI is InChI=1S/C13H17NO5/c1-18-13-7-6-11(10-12(13)14(16)17)19-9-5-3-2-4-8-15/h6-8,10H,2-5,9H2,1H3. The fourth-order valence-electron chi connectivity index (χ4n) is 1.60. The molecule has 104 valence electrons. The second kappa shape index (κ2) is 8.07. The van der Waals surface area contributed by atoms with Crippen molar-refractivity contribution in [1.82, 2.24) is 0 Å². The zero-order valence-electron chi connectivity index (χ0n) is 10.8. The minimum absolute atomic E-state index is 0.110. The van der Waals surface area contributed by atoms with Crippen molar-refractivity contribution in [3.8, 4) is 11.5 Å². The van der Waals surface area contributed by atoms with Crippen LogP contribution >= 0.6 is 0 Å². The summed E-state index contributed by atoms with van der Waals surface area (Å²) >= 11 is 0. The molecule has 0 unspecified atom stereocenters. The van der Waals surface area contributed by atoms with Crippen LogP contribution in [0.15, 0.2) is 18.2 Å². The second-order valence-corrected chi connectivity index (χ2v) is 3.96. The third-order valence-electron chi connectivity index (χ3n) is 2.58. The zero-order chi connectivity index (χ0) is 14.1. The molecule has 0 fully saturated rings. The first-order chi connectivity index (χ1) is 9.19. The highest BCUT2D eigenvalue weighted by atomic mass is 16.6. The molecule has 0 heterocycles. The summed E-state index contributed by atoms with van der Waals surface area (Å²) in [6.45, 7) is 0.475. The summed E-state index contributed by atoms with van der Waals surface area (Å²) in [6.07, 6.45) is 4.02.